The predicted octanol–water partition coefficient (Wildman–Crippen LogP) is -3.02. The van der Waals surface area contributed by atoms with Crippen LogP contribution in [0.4, 0.5) is 0 Å². The fraction of sp³-hybridized carbons (Fsp3) is 0.125. The summed E-state index contributed by atoms with van der Waals surface area (Å²) in [5.74, 6) is -1.04. The fourth-order valence-corrected chi connectivity index (χ4v) is 0.763. The van der Waals surface area contributed by atoms with Crippen LogP contribution in [-0.4, -0.2) is 5.97 Å². The van der Waals surface area contributed by atoms with Crippen LogP contribution in [0.3, 0.4) is 0 Å². The minimum absolute atomic E-state index is 0. The van der Waals surface area contributed by atoms with E-state index in [9.17, 15) is 9.90 Å². The number of aliphatic carboxylic acids is 1. The first-order valence-electron chi connectivity index (χ1n) is 3.03. The first kappa shape index (κ1) is 10.4. The summed E-state index contributed by atoms with van der Waals surface area (Å²) in [6, 6.07) is 8.97. The topological polar surface area (TPSA) is 40.1 Å². The normalized spacial score (nSPS) is 8.36. The zero-order valence-corrected chi connectivity index (χ0v) is 7.95. The summed E-state index contributed by atoms with van der Waals surface area (Å²) in [7, 11) is 0. The van der Waals surface area contributed by atoms with Crippen molar-refractivity contribution in [1.29, 1.82) is 0 Å². The molecular formula is C8H7IO2. The number of carbonyl (C=O) groups excluding carboxylic acids is 1. The van der Waals surface area contributed by atoms with Gasteiger partial charge in [0.05, 0.1) is 0 Å². The molecular weight excluding hydrogens is 255 g/mol. The lowest BCUT2D eigenvalue weighted by molar-refractivity contribution is -0.304. The summed E-state index contributed by atoms with van der Waals surface area (Å²) in [4.78, 5) is 10.1. The standard InChI is InChI=1S/C8H8O2.I/c9-8(10)6-7-4-2-1-3-5-7;/h1-5H,6H2,(H,9,10);/q;+1/p-1. The molecule has 0 saturated carbocycles. The van der Waals surface area contributed by atoms with Gasteiger partial charge in [-0.05, 0) is 5.56 Å². The summed E-state index contributed by atoms with van der Waals surface area (Å²) in [5.41, 5.74) is 0.780. The fourth-order valence-electron chi connectivity index (χ4n) is 0.763. The molecule has 0 unspecified atom stereocenters. The lowest BCUT2D eigenvalue weighted by atomic mass is 10.2. The Hall–Kier alpha value is -0.580. The van der Waals surface area contributed by atoms with Crippen molar-refractivity contribution in [3.63, 3.8) is 0 Å². The Balaban J connectivity index is 0.000001000. The molecule has 0 aliphatic rings. The van der Waals surface area contributed by atoms with Crippen molar-refractivity contribution in [1.82, 2.24) is 0 Å². The van der Waals surface area contributed by atoms with Crippen molar-refractivity contribution in [2.45, 2.75) is 6.42 Å². The molecule has 1 aromatic carbocycles. The van der Waals surface area contributed by atoms with Gasteiger partial charge in [-0.1, -0.05) is 30.3 Å². The number of carbonyl (C=O) groups is 1. The number of benzene rings is 1. The third kappa shape index (κ3) is 3.98. The number of hydrogen-bond acceptors (Lipinski definition) is 2. The molecule has 3 heteroatoms. The molecule has 0 heterocycles. The van der Waals surface area contributed by atoms with Crippen LogP contribution in [0.2, 0.25) is 0 Å². The molecule has 0 amide bonds. The Labute approximate surface area is 82.3 Å². The Bertz CT molecular complexity index is 221. The van der Waals surface area contributed by atoms with Crippen LogP contribution in [0.15, 0.2) is 30.3 Å². The molecule has 0 atom stereocenters. The zero-order chi connectivity index (χ0) is 7.40. The van der Waals surface area contributed by atoms with Crippen LogP contribution in [0.1, 0.15) is 5.56 Å². The van der Waals surface area contributed by atoms with E-state index in [-0.39, 0.29) is 30.4 Å². The molecule has 0 aliphatic carbocycles. The van der Waals surface area contributed by atoms with Gasteiger partial charge in [-0.25, -0.2) is 0 Å². The van der Waals surface area contributed by atoms with Crippen LogP contribution in [0, 0.1) is 0 Å². The Morgan fingerprint density at radius 1 is 1.27 bits per heavy atom. The minimum atomic E-state index is -1.04. The SMILES string of the molecule is O=C([O-])Cc1ccccc1.[I+]. The summed E-state index contributed by atoms with van der Waals surface area (Å²) >= 11 is 0. The zero-order valence-electron chi connectivity index (χ0n) is 5.79. The number of carboxylic acids is 1. The van der Waals surface area contributed by atoms with E-state index in [0.717, 1.165) is 5.56 Å². The highest BCUT2D eigenvalue weighted by Gasteiger charge is 1.88. The van der Waals surface area contributed by atoms with Crippen molar-refractivity contribution < 1.29 is 33.9 Å². The smallest absolute Gasteiger partial charge is 0.550 e. The van der Waals surface area contributed by atoms with Crippen LogP contribution in [0.25, 0.3) is 0 Å². The van der Waals surface area contributed by atoms with Gasteiger partial charge < -0.3 is 9.90 Å². The van der Waals surface area contributed by atoms with E-state index in [1.807, 2.05) is 6.07 Å². The predicted molar refractivity (Wildman–Crippen MR) is 35.2 cm³/mol. The lowest BCUT2D eigenvalue weighted by Gasteiger charge is -1.99. The van der Waals surface area contributed by atoms with E-state index in [1.54, 1.807) is 24.3 Å². The van der Waals surface area contributed by atoms with Crippen LogP contribution in [0.5, 0.6) is 0 Å². The number of rotatable bonds is 2. The molecule has 2 nitrogen and oxygen atoms in total. The largest absolute Gasteiger partial charge is 1.00 e. The van der Waals surface area contributed by atoms with Crippen LogP contribution < -0.4 is 29.1 Å². The van der Waals surface area contributed by atoms with E-state index in [1.165, 1.54) is 0 Å². The summed E-state index contributed by atoms with van der Waals surface area (Å²) in [5, 5.41) is 10.1. The molecule has 0 N–H and O–H groups in total. The van der Waals surface area contributed by atoms with Crippen molar-refractivity contribution in [2.24, 2.45) is 0 Å². The first-order chi connectivity index (χ1) is 4.79. The third-order valence-corrected chi connectivity index (χ3v) is 1.19. The second-order valence-electron chi connectivity index (χ2n) is 2.03. The molecule has 11 heavy (non-hydrogen) atoms. The van der Waals surface area contributed by atoms with Gasteiger partial charge in [-0.15, -0.1) is 0 Å². The summed E-state index contributed by atoms with van der Waals surface area (Å²) < 4.78 is 0. The molecule has 0 aliphatic heterocycles. The van der Waals surface area contributed by atoms with Gasteiger partial charge >= 0.3 is 24.0 Å². The number of halogens is 1. The second-order valence-corrected chi connectivity index (χ2v) is 2.03. The molecule has 0 aromatic heterocycles. The monoisotopic (exact) mass is 262 g/mol. The maximum absolute atomic E-state index is 10.1. The minimum Gasteiger partial charge on any atom is -0.550 e. The Kier molecular flexibility index (Phi) is 4.85. The second kappa shape index (κ2) is 5.12. The van der Waals surface area contributed by atoms with Crippen molar-refractivity contribution in [2.75, 3.05) is 0 Å². The maximum atomic E-state index is 10.1. The van der Waals surface area contributed by atoms with Gasteiger partial charge in [0.1, 0.15) is 0 Å². The Morgan fingerprint density at radius 3 is 2.27 bits per heavy atom. The highest BCUT2D eigenvalue weighted by atomic mass is 127. The maximum Gasteiger partial charge on any atom is 1.00 e. The van der Waals surface area contributed by atoms with E-state index >= 15 is 0 Å². The van der Waals surface area contributed by atoms with E-state index in [4.69, 9.17) is 0 Å². The average Bonchev–Trinajstić information content (AvgIpc) is 1.88. The molecule has 0 spiro atoms. The molecule has 0 bridgehead atoms. The van der Waals surface area contributed by atoms with Crippen molar-refractivity contribution in [3.8, 4) is 0 Å². The van der Waals surface area contributed by atoms with Gasteiger partial charge in [0, 0.05) is 12.4 Å². The summed E-state index contributed by atoms with van der Waals surface area (Å²) in [6.45, 7) is 0. The van der Waals surface area contributed by atoms with E-state index < -0.39 is 5.97 Å². The van der Waals surface area contributed by atoms with Gasteiger partial charge in [-0.2, -0.15) is 0 Å². The molecule has 1 rings (SSSR count). The van der Waals surface area contributed by atoms with E-state index in [0.29, 0.717) is 0 Å². The number of hydrogen-bond donors (Lipinski definition) is 0. The molecule has 0 saturated heterocycles. The van der Waals surface area contributed by atoms with Gasteiger partial charge in [0.25, 0.3) is 0 Å². The Morgan fingerprint density at radius 2 is 1.82 bits per heavy atom. The van der Waals surface area contributed by atoms with Crippen LogP contribution in [-0.2, 0) is 11.2 Å². The van der Waals surface area contributed by atoms with Crippen molar-refractivity contribution >= 4 is 5.97 Å². The molecule has 2 radical (unpaired) electrons. The van der Waals surface area contributed by atoms with E-state index in [2.05, 4.69) is 0 Å². The lowest BCUT2D eigenvalue weighted by Crippen LogP contribution is -3.00. The van der Waals surface area contributed by atoms with Gasteiger partial charge in [0.15, 0.2) is 0 Å². The van der Waals surface area contributed by atoms with Crippen molar-refractivity contribution in [3.05, 3.63) is 35.9 Å². The van der Waals surface area contributed by atoms with Gasteiger partial charge in [0.2, 0.25) is 0 Å². The number of carboxylic acid groups (broad SMARTS) is 1. The summed E-state index contributed by atoms with van der Waals surface area (Å²) in [6.07, 6.45) is 0.000833. The third-order valence-electron chi connectivity index (χ3n) is 1.19. The molecule has 58 valence electrons. The van der Waals surface area contributed by atoms with Gasteiger partial charge in [-0.3, -0.25) is 0 Å². The molecule has 0 fully saturated rings. The highest BCUT2D eigenvalue weighted by molar-refractivity contribution is 5.67. The first-order valence-corrected chi connectivity index (χ1v) is 3.03. The highest BCUT2D eigenvalue weighted by Crippen LogP contribution is 1.97. The quantitative estimate of drug-likeness (QED) is 0.532. The molecule has 1 aromatic rings. The average molecular weight is 262 g/mol. The van der Waals surface area contributed by atoms with Crippen LogP contribution >= 0.6 is 0 Å².